The van der Waals surface area contributed by atoms with Gasteiger partial charge in [-0.1, -0.05) is 37.3 Å². The fourth-order valence-corrected chi connectivity index (χ4v) is 3.18. The highest BCUT2D eigenvalue weighted by Crippen LogP contribution is 2.25. The first kappa shape index (κ1) is 13.0. The Balaban J connectivity index is 1.55. The second-order valence-electron chi connectivity index (χ2n) is 5.61. The van der Waals surface area contributed by atoms with E-state index in [2.05, 4.69) is 54.7 Å². The van der Waals surface area contributed by atoms with Crippen molar-refractivity contribution < 1.29 is 0 Å². The maximum atomic E-state index is 3.61. The number of hydrogen-bond donors (Lipinski definition) is 1. The van der Waals surface area contributed by atoms with Crippen molar-refractivity contribution in [2.75, 3.05) is 12.3 Å². The predicted molar refractivity (Wildman–Crippen MR) is 84.9 cm³/mol. The molecule has 0 amide bonds. The van der Waals surface area contributed by atoms with E-state index in [1.54, 1.807) is 0 Å². The maximum Gasteiger partial charge on any atom is 0.00784 e. The molecule has 1 saturated carbocycles. The van der Waals surface area contributed by atoms with E-state index in [1.165, 1.54) is 34.3 Å². The van der Waals surface area contributed by atoms with Crippen LogP contribution in [0.4, 0.5) is 0 Å². The molecule has 1 aliphatic carbocycles. The molecule has 0 aromatic heterocycles. The van der Waals surface area contributed by atoms with Gasteiger partial charge < -0.3 is 5.32 Å². The van der Waals surface area contributed by atoms with Gasteiger partial charge in [-0.3, -0.25) is 0 Å². The zero-order valence-electron chi connectivity index (χ0n) is 11.4. The summed E-state index contributed by atoms with van der Waals surface area (Å²) in [6.45, 7) is 3.49. The molecule has 100 valence electrons. The van der Waals surface area contributed by atoms with Gasteiger partial charge in [-0.15, -0.1) is 11.8 Å². The van der Waals surface area contributed by atoms with E-state index < -0.39 is 0 Å². The highest BCUT2D eigenvalue weighted by molar-refractivity contribution is 7.99. The highest BCUT2D eigenvalue weighted by atomic mass is 32.2. The fraction of sp³-hybridized carbons (Fsp3) is 0.412. The zero-order chi connectivity index (χ0) is 13.1. The van der Waals surface area contributed by atoms with E-state index in [-0.39, 0.29) is 0 Å². The number of nitrogens with one attached hydrogen (secondary N) is 1. The van der Waals surface area contributed by atoms with Gasteiger partial charge in [0.2, 0.25) is 0 Å². The Bertz CT molecular complexity index is 548. The van der Waals surface area contributed by atoms with Crippen LogP contribution in [0.1, 0.15) is 19.8 Å². The average molecular weight is 271 g/mol. The topological polar surface area (TPSA) is 12.0 Å². The quantitative estimate of drug-likeness (QED) is 0.785. The van der Waals surface area contributed by atoms with Crippen LogP contribution in [0.5, 0.6) is 0 Å². The third kappa shape index (κ3) is 3.74. The Hall–Kier alpha value is -0.990. The van der Waals surface area contributed by atoms with Gasteiger partial charge in [0.25, 0.3) is 0 Å². The zero-order valence-corrected chi connectivity index (χ0v) is 12.2. The maximum absolute atomic E-state index is 3.61. The lowest BCUT2D eigenvalue weighted by atomic mass is 10.1. The molecule has 2 heteroatoms. The lowest BCUT2D eigenvalue weighted by molar-refractivity contribution is 0.557. The van der Waals surface area contributed by atoms with Crippen LogP contribution >= 0.6 is 11.8 Å². The monoisotopic (exact) mass is 271 g/mol. The van der Waals surface area contributed by atoms with E-state index in [0.29, 0.717) is 0 Å². The molecule has 0 spiro atoms. The summed E-state index contributed by atoms with van der Waals surface area (Å²) < 4.78 is 0. The molecule has 19 heavy (non-hydrogen) atoms. The summed E-state index contributed by atoms with van der Waals surface area (Å²) in [5.41, 5.74) is 0. The standard InChI is InChI=1S/C17H21NS/c1-13(11-18-16-7-8-16)12-19-17-9-6-14-4-2-3-5-15(14)10-17/h2-6,9-10,13,16,18H,7-8,11-12H2,1H3. The molecule has 1 aliphatic rings. The molecule has 2 aromatic carbocycles. The third-order valence-corrected chi connectivity index (χ3v) is 4.91. The van der Waals surface area contributed by atoms with Gasteiger partial charge in [-0.25, -0.2) is 0 Å². The Morgan fingerprint density at radius 1 is 1.16 bits per heavy atom. The number of rotatable bonds is 6. The first-order chi connectivity index (χ1) is 9.31. The van der Waals surface area contributed by atoms with Crippen LogP contribution in [0.2, 0.25) is 0 Å². The molecule has 2 aromatic rings. The number of thioether (sulfide) groups is 1. The van der Waals surface area contributed by atoms with Gasteiger partial charge in [-0.05, 0) is 48.2 Å². The first-order valence-electron chi connectivity index (χ1n) is 7.16. The number of hydrogen-bond acceptors (Lipinski definition) is 2. The average Bonchev–Trinajstić information content (AvgIpc) is 3.27. The smallest absolute Gasteiger partial charge is 0.00784 e. The molecule has 1 fully saturated rings. The van der Waals surface area contributed by atoms with Crippen molar-refractivity contribution in [2.24, 2.45) is 5.92 Å². The van der Waals surface area contributed by atoms with Crippen LogP contribution in [0.25, 0.3) is 10.8 Å². The van der Waals surface area contributed by atoms with Crippen molar-refractivity contribution in [3.8, 4) is 0 Å². The van der Waals surface area contributed by atoms with Crippen molar-refractivity contribution in [1.29, 1.82) is 0 Å². The fourth-order valence-electron chi connectivity index (χ4n) is 2.21. The molecule has 3 rings (SSSR count). The summed E-state index contributed by atoms with van der Waals surface area (Å²) in [5, 5.41) is 6.28. The molecule has 0 radical (unpaired) electrons. The number of benzene rings is 2. The Morgan fingerprint density at radius 2 is 1.95 bits per heavy atom. The van der Waals surface area contributed by atoms with Gasteiger partial charge in [0.15, 0.2) is 0 Å². The van der Waals surface area contributed by atoms with Crippen LogP contribution in [0.15, 0.2) is 47.4 Å². The van der Waals surface area contributed by atoms with Crippen molar-refractivity contribution in [1.82, 2.24) is 5.32 Å². The van der Waals surface area contributed by atoms with Gasteiger partial charge in [0.05, 0.1) is 0 Å². The summed E-state index contributed by atoms with van der Waals surface area (Å²) in [6.07, 6.45) is 2.76. The van der Waals surface area contributed by atoms with Crippen molar-refractivity contribution >= 4 is 22.5 Å². The summed E-state index contributed by atoms with van der Waals surface area (Å²) in [4.78, 5) is 1.39. The molecule has 0 bridgehead atoms. The molecule has 0 saturated heterocycles. The van der Waals surface area contributed by atoms with Gasteiger partial charge in [0, 0.05) is 16.7 Å². The lowest BCUT2D eigenvalue weighted by Gasteiger charge is -2.12. The minimum absolute atomic E-state index is 0.733. The van der Waals surface area contributed by atoms with Gasteiger partial charge in [-0.2, -0.15) is 0 Å². The van der Waals surface area contributed by atoms with Crippen LogP contribution in [0.3, 0.4) is 0 Å². The molecular formula is C17H21NS. The Morgan fingerprint density at radius 3 is 2.74 bits per heavy atom. The van der Waals surface area contributed by atoms with E-state index in [4.69, 9.17) is 0 Å². The summed E-state index contributed by atoms with van der Waals surface area (Å²) in [7, 11) is 0. The Kier molecular flexibility index (Phi) is 4.09. The molecule has 1 unspecified atom stereocenters. The van der Waals surface area contributed by atoms with E-state index in [9.17, 15) is 0 Å². The SMILES string of the molecule is CC(CNC1CC1)CSc1ccc2ccccc2c1. The molecule has 1 nitrogen and oxygen atoms in total. The van der Waals surface area contributed by atoms with Crippen LogP contribution in [0, 0.1) is 5.92 Å². The molecule has 1 atom stereocenters. The largest absolute Gasteiger partial charge is 0.314 e. The van der Waals surface area contributed by atoms with Crippen LogP contribution in [-0.2, 0) is 0 Å². The molecule has 1 N–H and O–H groups in total. The normalized spacial score (nSPS) is 16.7. The minimum Gasteiger partial charge on any atom is -0.314 e. The van der Waals surface area contributed by atoms with Crippen LogP contribution < -0.4 is 5.32 Å². The Labute approximate surface area is 119 Å². The van der Waals surface area contributed by atoms with Crippen molar-refractivity contribution in [2.45, 2.75) is 30.7 Å². The van der Waals surface area contributed by atoms with Crippen molar-refractivity contribution in [3.05, 3.63) is 42.5 Å². The predicted octanol–water partition coefficient (Wildman–Crippen LogP) is 4.32. The molecule has 0 aliphatic heterocycles. The van der Waals surface area contributed by atoms with E-state index in [1.807, 2.05) is 11.8 Å². The lowest BCUT2D eigenvalue weighted by Crippen LogP contribution is -2.24. The third-order valence-electron chi connectivity index (χ3n) is 3.59. The van der Waals surface area contributed by atoms with E-state index >= 15 is 0 Å². The van der Waals surface area contributed by atoms with Crippen LogP contribution in [-0.4, -0.2) is 18.3 Å². The second kappa shape index (κ2) is 5.98. The number of fused-ring (bicyclic) bond motifs is 1. The highest BCUT2D eigenvalue weighted by Gasteiger charge is 2.20. The van der Waals surface area contributed by atoms with E-state index in [0.717, 1.165) is 18.5 Å². The van der Waals surface area contributed by atoms with Gasteiger partial charge in [0.1, 0.15) is 0 Å². The first-order valence-corrected chi connectivity index (χ1v) is 8.15. The molecule has 0 heterocycles. The summed E-state index contributed by atoms with van der Waals surface area (Å²) in [5.74, 6) is 1.93. The minimum atomic E-state index is 0.733. The second-order valence-corrected chi connectivity index (χ2v) is 6.70. The summed E-state index contributed by atoms with van der Waals surface area (Å²) >= 11 is 1.98. The molecular weight excluding hydrogens is 250 g/mol. The van der Waals surface area contributed by atoms with Crippen molar-refractivity contribution in [3.63, 3.8) is 0 Å². The van der Waals surface area contributed by atoms with Gasteiger partial charge >= 0.3 is 0 Å². The summed E-state index contributed by atoms with van der Waals surface area (Å²) in [6, 6.07) is 16.2.